The Bertz CT molecular complexity index is 536. The molecule has 1 heterocycles. The van der Waals surface area contributed by atoms with E-state index in [0.29, 0.717) is 5.71 Å². The summed E-state index contributed by atoms with van der Waals surface area (Å²) in [6.07, 6.45) is 2.63. The largest absolute Gasteiger partial charge is 0.623 e. The molecule has 2 unspecified atom stereocenters. The van der Waals surface area contributed by atoms with Crippen molar-refractivity contribution in [3.8, 4) is 0 Å². The van der Waals surface area contributed by atoms with Crippen molar-refractivity contribution < 1.29 is 9.95 Å². The van der Waals surface area contributed by atoms with Crippen molar-refractivity contribution in [2.75, 3.05) is 0 Å². The highest BCUT2D eigenvalue weighted by atomic mass is 16.5. The third kappa shape index (κ3) is 1.32. The van der Waals surface area contributed by atoms with Gasteiger partial charge in [0.25, 0.3) is 0 Å². The molecule has 0 saturated heterocycles. The summed E-state index contributed by atoms with van der Waals surface area (Å²) in [6.45, 7) is 1.87. The van der Waals surface area contributed by atoms with Crippen molar-refractivity contribution in [3.63, 3.8) is 0 Å². The molecule has 4 nitrogen and oxygen atoms in total. The van der Waals surface area contributed by atoms with Gasteiger partial charge in [-0.25, -0.2) is 0 Å². The minimum atomic E-state index is -0.664. The molecular weight excluding hydrogens is 228 g/mol. The van der Waals surface area contributed by atoms with Gasteiger partial charge >= 0.3 is 0 Å². The number of hydroxylamine groups is 1. The van der Waals surface area contributed by atoms with E-state index in [1.165, 1.54) is 0 Å². The molecule has 1 saturated carbocycles. The Labute approximate surface area is 106 Å². The first-order valence-corrected chi connectivity index (χ1v) is 6.30. The average molecular weight is 244 g/mol. The molecule has 0 aromatic heterocycles. The number of oxime groups is 1. The van der Waals surface area contributed by atoms with Crippen LogP contribution in [0, 0.1) is 11.1 Å². The van der Waals surface area contributed by atoms with Crippen molar-refractivity contribution in [1.29, 1.82) is 0 Å². The van der Waals surface area contributed by atoms with Crippen molar-refractivity contribution in [2.45, 2.75) is 31.7 Å². The highest BCUT2D eigenvalue weighted by Gasteiger charge is 2.56. The number of nitrogens with zero attached hydrogens (tertiary/aromatic N) is 2. The van der Waals surface area contributed by atoms with Gasteiger partial charge in [-0.2, -0.15) is 4.74 Å². The van der Waals surface area contributed by atoms with E-state index in [1.54, 1.807) is 0 Å². The Morgan fingerprint density at radius 1 is 1.39 bits per heavy atom. The van der Waals surface area contributed by atoms with Crippen molar-refractivity contribution in [3.05, 3.63) is 41.1 Å². The molecule has 2 atom stereocenters. The van der Waals surface area contributed by atoms with Gasteiger partial charge in [0.15, 0.2) is 0 Å². The summed E-state index contributed by atoms with van der Waals surface area (Å²) in [5.41, 5.74) is 1.65. The van der Waals surface area contributed by atoms with E-state index in [4.69, 9.17) is 0 Å². The fraction of sp³-hybridized carbons (Fsp3) is 0.429. The van der Waals surface area contributed by atoms with Crippen molar-refractivity contribution in [1.82, 2.24) is 0 Å². The SMILES string of the molecule is CC12CCCC(C1=NO)C(c1ccccc1)=[N+]2[O-]. The van der Waals surface area contributed by atoms with Crippen molar-refractivity contribution >= 4 is 11.4 Å². The predicted octanol–water partition coefficient (Wildman–Crippen LogP) is 2.39. The monoisotopic (exact) mass is 244 g/mol. The van der Waals surface area contributed by atoms with Crippen LogP contribution >= 0.6 is 0 Å². The van der Waals surface area contributed by atoms with Crippen LogP contribution in [0.2, 0.25) is 0 Å². The number of hydrogen-bond acceptors (Lipinski definition) is 3. The van der Waals surface area contributed by atoms with E-state index >= 15 is 0 Å². The Balaban J connectivity index is 2.18. The molecule has 1 aromatic carbocycles. The molecule has 1 N–H and O–H groups in total. The van der Waals surface area contributed by atoms with Crippen LogP contribution < -0.4 is 0 Å². The van der Waals surface area contributed by atoms with Gasteiger partial charge in [-0.3, -0.25) is 0 Å². The molecule has 4 heteroatoms. The van der Waals surface area contributed by atoms with Crippen LogP contribution in [-0.4, -0.2) is 26.9 Å². The lowest BCUT2D eigenvalue weighted by Gasteiger charge is -2.27. The summed E-state index contributed by atoms with van der Waals surface area (Å²) in [5, 5.41) is 25.2. The van der Waals surface area contributed by atoms with E-state index in [1.807, 2.05) is 37.3 Å². The minimum Gasteiger partial charge on any atom is -0.623 e. The zero-order chi connectivity index (χ0) is 12.8. The van der Waals surface area contributed by atoms with E-state index in [0.717, 1.165) is 35.3 Å². The first-order valence-electron chi connectivity index (χ1n) is 6.30. The summed E-state index contributed by atoms with van der Waals surface area (Å²) in [5.74, 6) is -0.0337. The summed E-state index contributed by atoms with van der Waals surface area (Å²) in [6, 6.07) is 9.68. The van der Waals surface area contributed by atoms with Gasteiger partial charge in [0.1, 0.15) is 5.71 Å². The Morgan fingerprint density at radius 2 is 2.11 bits per heavy atom. The first kappa shape index (κ1) is 11.3. The molecule has 3 rings (SSSR count). The maximum absolute atomic E-state index is 12.6. The summed E-state index contributed by atoms with van der Waals surface area (Å²) >= 11 is 0. The van der Waals surface area contributed by atoms with Gasteiger partial charge in [-0.05, 0) is 25.0 Å². The Kier molecular flexibility index (Phi) is 2.40. The quantitative estimate of drug-likeness (QED) is 0.357. The smallest absolute Gasteiger partial charge is 0.212 e. The van der Waals surface area contributed by atoms with Crippen LogP contribution in [0.1, 0.15) is 31.7 Å². The minimum absolute atomic E-state index is 0.0337. The summed E-state index contributed by atoms with van der Waals surface area (Å²) < 4.78 is 1.06. The first-order chi connectivity index (χ1) is 8.68. The molecule has 94 valence electrons. The molecule has 0 amide bonds. The zero-order valence-electron chi connectivity index (χ0n) is 10.3. The molecule has 1 aliphatic heterocycles. The lowest BCUT2D eigenvalue weighted by Crippen LogP contribution is -2.43. The van der Waals surface area contributed by atoms with Gasteiger partial charge in [0, 0.05) is 18.9 Å². The Morgan fingerprint density at radius 3 is 2.72 bits per heavy atom. The molecule has 1 fully saturated rings. The van der Waals surface area contributed by atoms with Crippen LogP contribution in [0.5, 0.6) is 0 Å². The maximum atomic E-state index is 12.6. The van der Waals surface area contributed by atoms with Gasteiger partial charge in [-0.1, -0.05) is 23.4 Å². The molecule has 18 heavy (non-hydrogen) atoms. The average Bonchev–Trinajstić information content (AvgIpc) is 2.51. The molecular formula is C14H16N2O2. The lowest BCUT2D eigenvalue weighted by atomic mass is 9.76. The van der Waals surface area contributed by atoms with Gasteiger partial charge in [0.05, 0.1) is 5.92 Å². The van der Waals surface area contributed by atoms with Crippen LogP contribution in [0.3, 0.4) is 0 Å². The number of benzene rings is 1. The van der Waals surface area contributed by atoms with Crippen molar-refractivity contribution in [2.24, 2.45) is 11.1 Å². The van der Waals surface area contributed by atoms with E-state index in [9.17, 15) is 10.4 Å². The summed E-state index contributed by atoms with van der Waals surface area (Å²) in [4.78, 5) is 0. The molecule has 2 aliphatic rings. The van der Waals surface area contributed by atoms with Crippen LogP contribution in [0.25, 0.3) is 0 Å². The topological polar surface area (TPSA) is 58.7 Å². The van der Waals surface area contributed by atoms with E-state index < -0.39 is 5.54 Å². The third-order valence-corrected chi connectivity index (χ3v) is 4.21. The Hall–Kier alpha value is -1.84. The summed E-state index contributed by atoms with van der Waals surface area (Å²) in [7, 11) is 0. The van der Waals surface area contributed by atoms with Gasteiger partial charge in [-0.15, -0.1) is 0 Å². The number of hydrogen-bond donors (Lipinski definition) is 1. The third-order valence-electron chi connectivity index (χ3n) is 4.21. The molecule has 2 bridgehead atoms. The lowest BCUT2D eigenvalue weighted by molar-refractivity contribution is -0.517. The van der Waals surface area contributed by atoms with E-state index in [-0.39, 0.29) is 5.92 Å². The maximum Gasteiger partial charge on any atom is 0.212 e. The van der Waals surface area contributed by atoms with Crippen LogP contribution in [-0.2, 0) is 0 Å². The normalized spacial score (nSPS) is 33.2. The number of fused-ring (bicyclic) bond motifs is 2. The predicted molar refractivity (Wildman–Crippen MR) is 69.1 cm³/mol. The fourth-order valence-corrected chi connectivity index (χ4v) is 3.27. The van der Waals surface area contributed by atoms with E-state index in [2.05, 4.69) is 5.16 Å². The van der Waals surface area contributed by atoms with Crippen LogP contribution in [0.15, 0.2) is 35.5 Å². The fourth-order valence-electron chi connectivity index (χ4n) is 3.27. The van der Waals surface area contributed by atoms with Crippen LogP contribution in [0.4, 0.5) is 0 Å². The standard InChI is InChI=1S/C14H16N2O2/c1-14-9-5-8-11(13(14)15-17)12(16(14)18)10-6-3-2-4-7-10/h2-4,6-7,11,17H,5,8-9H2,1H3. The second-order valence-corrected chi connectivity index (χ2v) is 5.25. The molecule has 1 aliphatic carbocycles. The van der Waals surface area contributed by atoms with Gasteiger partial charge in [0.2, 0.25) is 11.3 Å². The molecule has 1 aromatic rings. The zero-order valence-corrected chi connectivity index (χ0v) is 10.3. The second kappa shape index (κ2) is 3.83. The van der Waals surface area contributed by atoms with Gasteiger partial charge < -0.3 is 10.4 Å². The second-order valence-electron chi connectivity index (χ2n) is 5.25. The highest BCUT2D eigenvalue weighted by Crippen LogP contribution is 2.40. The number of rotatable bonds is 1. The highest BCUT2D eigenvalue weighted by molar-refractivity contribution is 6.18. The molecule has 0 radical (unpaired) electrons. The molecule has 0 spiro atoms.